The number of carbonyl (C=O) groups excluding carboxylic acids is 2. The maximum atomic E-state index is 12.5. The molecule has 0 heterocycles. The van der Waals surface area contributed by atoms with Crippen LogP contribution in [-0.2, 0) is 19.6 Å². The molecule has 0 spiro atoms. The van der Waals surface area contributed by atoms with Gasteiger partial charge in [0.2, 0.25) is 0 Å². The van der Waals surface area contributed by atoms with Gasteiger partial charge in [0.15, 0.2) is 6.10 Å². The van der Waals surface area contributed by atoms with Crippen molar-refractivity contribution in [3.05, 3.63) is 59.1 Å². The lowest BCUT2D eigenvalue weighted by Gasteiger charge is -2.17. The highest BCUT2D eigenvalue weighted by molar-refractivity contribution is 7.92. The Hall–Kier alpha value is -2.58. The van der Waals surface area contributed by atoms with Gasteiger partial charge in [-0.3, -0.25) is 9.52 Å². The van der Waals surface area contributed by atoms with Crippen molar-refractivity contribution in [2.75, 3.05) is 18.8 Å². The molecule has 0 unspecified atom stereocenters. The fourth-order valence-corrected chi connectivity index (χ4v) is 3.39. The van der Waals surface area contributed by atoms with Gasteiger partial charge in [-0.25, -0.2) is 13.2 Å². The molecule has 0 aliphatic heterocycles. The van der Waals surface area contributed by atoms with E-state index >= 15 is 0 Å². The predicted octanol–water partition coefficient (Wildman–Crippen LogP) is 2.77. The summed E-state index contributed by atoms with van der Waals surface area (Å²) < 4.78 is 32.5. The normalized spacial score (nSPS) is 12.1. The Morgan fingerprint density at radius 1 is 1.11 bits per heavy atom. The molecule has 144 valence electrons. The molecule has 1 atom stereocenters. The number of rotatable bonds is 6. The van der Waals surface area contributed by atoms with Gasteiger partial charge < -0.3 is 9.64 Å². The van der Waals surface area contributed by atoms with Crippen LogP contribution in [0.25, 0.3) is 0 Å². The quantitative estimate of drug-likeness (QED) is 0.739. The number of halogens is 1. The lowest BCUT2D eigenvalue weighted by molar-refractivity contribution is -0.137. The Morgan fingerprint density at radius 2 is 1.74 bits per heavy atom. The Labute approximate surface area is 162 Å². The van der Waals surface area contributed by atoms with E-state index in [0.29, 0.717) is 10.7 Å². The molecule has 2 aromatic carbocycles. The van der Waals surface area contributed by atoms with Gasteiger partial charge in [-0.05, 0) is 49.4 Å². The van der Waals surface area contributed by atoms with E-state index in [0.717, 1.165) is 0 Å². The van der Waals surface area contributed by atoms with Crippen LogP contribution in [0.4, 0.5) is 5.69 Å². The third-order valence-corrected chi connectivity index (χ3v) is 5.18. The highest BCUT2D eigenvalue weighted by atomic mass is 35.5. The maximum absolute atomic E-state index is 12.5. The minimum Gasteiger partial charge on any atom is -0.449 e. The van der Waals surface area contributed by atoms with Crippen LogP contribution in [0.3, 0.4) is 0 Å². The lowest BCUT2D eigenvalue weighted by atomic mass is 10.2. The zero-order valence-electron chi connectivity index (χ0n) is 15.0. The third kappa shape index (κ3) is 5.45. The first kappa shape index (κ1) is 20.7. The van der Waals surface area contributed by atoms with E-state index in [1.54, 1.807) is 26.2 Å². The average molecular weight is 411 g/mol. The van der Waals surface area contributed by atoms with Crippen LogP contribution in [0.5, 0.6) is 0 Å². The summed E-state index contributed by atoms with van der Waals surface area (Å²) in [6, 6.07) is 11.5. The minimum atomic E-state index is -3.92. The number of benzene rings is 2. The van der Waals surface area contributed by atoms with Gasteiger partial charge in [-0.15, -0.1) is 0 Å². The summed E-state index contributed by atoms with van der Waals surface area (Å²) in [5.41, 5.74) is 0.352. The molecule has 7 nitrogen and oxygen atoms in total. The Balaban J connectivity index is 2.19. The summed E-state index contributed by atoms with van der Waals surface area (Å²) >= 11 is 5.78. The first-order valence-corrected chi connectivity index (χ1v) is 9.77. The zero-order chi connectivity index (χ0) is 20.2. The molecular weight excluding hydrogens is 392 g/mol. The van der Waals surface area contributed by atoms with E-state index in [4.69, 9.17) is 16.3 Å². The molecule has 1 N–H and O–H groups in total. The van der Waals surface area contributed by atoms with Gasteiger partial charge in [-0.1, -0.05) is 17.7 Å². The van der Waals surface area contributed by atoms with Crippen molar-refractivity contribution in [2.24, 2.45) is 0 Å². The van der Waals surface area contributed by atoms with Crippen LogP contribution < -0.4 is 4.72 Å². The second kappa shape index (κ2) is 8.41. The maximum Gasteiger partial charge on any atom is 0.338 e. The first-order chi connectivity index (χ1) is 12.6. The lowest BCUT2D eigenvalue weighted by Crippen LogP contribution is -2.34. The predicted molar refractivity (Wildman–Crippen MR) is 102 cm³/mol. The highest BCUT2D eigenvalue weighted by Crippen LogP contribution is 2.19. The molecule has 27 heavy (non-hydrogen) atoms. The van der Waals surface area contributed by atoms with Gasteiger partial charge in [0.1, 0.15) is 0 Å². The molecule has 0 saturated heterocycles. The van der Waals surface area contributed by atoms with Gasteiger partial charge in [0.25, 0.3) is 15.9 Å². The SMILES string of the molecule is C[C@H](OC(=O)c1cccc(S(=O)(=O)Nc2ccc(Cl)cc2)c1)C(=O)N(C)C. The van der Waals surface area contributed by atoms with E-state index < -0.39 is 22.1 Å². The molecule has 0 aliphatic carbocycles. The fourth-order valence-electron chi connectivity index (χ4n) is 2.16. The number of sulfonamides is 1. The smallest absolute Gasteiger partial charge is 0.338 e. The van der Waals surface area contributed by atoms with Crippen LogP contribution in [0.1, 0.15) is 17.3 Å². The number of nitrogens with one attached hydrogen (secondary N) is 1. The van der Waals surface area contributed by atoms with Crippen molar-refractivity contribution in [1.82, 2.24) is 4.90 Å². The van der Waals surface area contributed by atoms with Crippen LogP contribution in [0.15, 0.2) is 53.4 Å². The van der Waals surface area contributed by atoms with Crippen molar-refractivity contribution >= 4 is 39.2 Å². The standard InChI is InChI=1S/C18H19ClN2O5S/c1-12(17(22)21(2)3)26-18(23)13-5-4-6-16(11-13)27(24,25)20-15-9-7-14(19)8-10-15/h4-12,20H,1-3H3/t12-/m0/s1. The van der Waals surface area contributed by atoms with Crippen molar-refractivity contribution in [3.63, 3.8) is 0 Å². The highest BCUT2D eigenvalue weighted by Gasteiger charge is 2.22. The minimum absolute atomic E-state index is 0.0207. The van der Waals surface area contributed by atoms with Crippen molar-refractivity contribution in [2.45, 2.75) is 17.9 Å². The van der Waals surface area contributed by atoms with Crippen molar-refractivity contribution in [3.8, 4) is 0 Å². The van der Waals surface area contributed by atoms with Crippen molar-refractivity contribution < 1.29 is 22.7 Å². The molecule has 0 saturated carbocycles. The summed E-state index contributed by atoms with van der Waals surface area (Å²) in [5, 5.41) is 0.476. The molecule has 1 amide bonds. The Bertz CT molecular complexity index is 942. The number of anilines is 1. The van der Waals surface area contributed by atoms with Crippen LogP contribution in [0.2, 0.25) is 5.02 Å². The molecule has 0 aromatic heterocycles. The summed E-state index contributed by atoms with van der Waals surface area (Å²) in [6.45, 7) is 1.45. The molecule has 0 radical (unpaired) electrons. The number of hydrogen-bond donors (Lipinski definition) is 1. The summed E-state index contributed by atoms with van der Waals surface area (Å²) in [6.07, 6.45) is -0.986. The Morgan fingerprint density at radius 3 is 2.33 bits per heavy atom. The van der Waals surface area contributed by atoms with Gasteiger partial charge in [-0.2, -0.15) is 0 Å². The molecule has 0 bridgehead atoms. The number of likely N-dealkylation sites (N-methyl/N-ethyl adjacent to an activating group) is 1. The van der Waals surface area contributed by atoms with Gasteiger partial charge in [0, 0.05) is 24.8 Å². The van der Waals surface area contributed by atoms with Crippen LogP contribution in [-0.4, -0.2) is 45.4 Å². The number of amides is 1. The number of nitrogens with zero attached hydrogens (tertiary/aromatic N) is 1. The van der Waals surface area contributed by atoms with E-state index in [2.05, 4.69) is 4.72 Å². The first-order valence-electron chi connectivity index (χ1n) is 7.91. The van der Waals surface area contributed by atoms with E-state index in [1.165, 1.54) is 48.2 Å². The fraction of sp³-hybridized carbons (Fsp3) is 0.222. The van der Waals surface area contributed by atoms with E-state index in [9.17, 15) is 18.0 Å². The van der Waals surface area contributed by atoms with Crippen LogP contribution >= 0.6 is 11.6 Å². The average Bonchev–Trinajstić information content (AvgIpc) is 2.62. The number of esters is 1. The van der Waals surface area contributed by atoms with Crippen molar-refractivity contribution in [1.29, 1.82) is 0 Å². The summed E-state index contributed by atoms with van der Waals surface area (Å²) in [4.78, 5) is 25.2. The topological polar surface area (TPSA) is 92.8 Å². The second-order valence-electron chi connectivity index (χ2n) is 5.92. The summed E-state index contributed by atoms with van der Waals surface area (Å²) in [5.74, 6) is -1.17. The van der Waals surface area contributed by atoms with E-state index in [1.807, 2.05) is 0 Å². The van der Waals surface area contributed by atoms with Crippen LogP contribution in [0, 0.1) is 0 Å². The Kier molecular flexibility index (Phi) is 6.45. The molecule has 9 heteroatoms. The largest absolute Gasteiger partial charge is 0.449 e. The second-order valence-corrected chi connectivity index (χ2v) is 8.04. The number of hydrogen-bond acceptors (Lipinski definition) is 5. The molecular formula is C18H19ClN2O5S. The molecule has 0 aliphatic rings. The number of ether oxygens (including phenoxy) is 1. The van der Waals surface area contributed by atoms with Gasteiger partial charge in [0.05, 0.1) is 10.5 Å². The van der Waals surface area contributed by atoms with Gasteiger partial charge >= 0.3 is 5.97 Å². The zero-order valence-corrected chi connectivity index (χ0v) is 16.5. The molecule has 2 rings (SSSR count). The third-order valence-electron chi connectivity index (χ3n) is 3.55. The number of carbonyl (C=O) groups is 2. The molecule has 0 fully saturated rings. The van der Waals surface area contributed by atoms with E-state index in [-0.39, 0.29) is 16.4 Å². The molecule has 2 aromatic rings. The monoisotopic (exact) mass is 410 g/mol. The summed E-state index contributed by atoms with van der Waals surface area (Å²) in [7, 11) is -0.829.